The molecule has 1 saturated heterocycles. The molecule has 0 spiro atoms. The third-order valence-electron chi connectivity index (χ3n) is 2.76. The minimum absolute atomic E-state index is 0.581. The second-order valence-electron chi connectivity index (χ2n) is 3.89. The lowest BCUT2D eigenvalue weighted by molar-refractivity contribution is 0.357. The van der Waals surface area contributed by atoms with Gasteiger partial charge in [-0.2, -0.15) is 0 Å². The first-order valence-corrected chi connectivity index (χ1v) is 5.42. The normalized spacial score (nSPS) is 39.4. The molecule has 2 aliphatic rings. The van der Waals surface area contributed by atoms with Crippen LogP contribution in [0.3, 0.4) is 0 Å². The average Bonchev–Trinajstić information content (AvgIpc) is 2.83. The summed E-state index contributed by atoms with van der Waals surface area (Å²) in [5.41, 5.74) is 0. The van der Waals surface area contributed by atoms with E-state index >= 15 is 0 Å². The lowest BCUT2D eigenvalue weighted by Crippen LogP contribution is -1.93. The van der Waals surface area contributed by atoms with E-state index in [1.54, 1.807) is 0 Å². The molecule has 1 fully saturated rings. The Morgan fingerprint density at radius 3 is 1.69 bits per heavy atom. The van der Waals surface area contributed by atoms with Gasteiger partial charge in [0.15, 0.2) is 0 Å². The third-order valence-corrected chi connectivity index (χ3v) is 2.76. The minimum atomic E-state index is 0.581. The van der Waals surface area contributed by atoms with Crippen molar-refractivity contribution in [1.82, 2.24) is 0 Å². The molecule has 1 aliphatic heterocycles. The van der Waals surface area contributed by atoms with Gasteiger partial charge in [-0.3, -0.25) is 0 Å². The molecule has 0 aromatic heterocycles. The Hall–Kier alpha value is -0.560. The van der Waals surface area contributed by atoms with E-state index in [1.807, 2.05) is 0 Å². The van der Waals surface area contributed by atoms with E-state index < -0.39 is 0 Å². The van der Waals surface area contributed by atoms with Gasteiger partial charge in [0, 0.05) is 0 Å². The zero-order chi connectivity index (χ0) is 8.93. The highest BCUT2D eigenvalue weighted by Crippen LogP contribution is 2.30. The predicted molar refractivity (Wildman–Crippen MR) is 54.6 cm³/mol. The van der Waals surface area contributed by atoms with Crippen LogP contribution in [-0.2, 0) is 4.74 Å². The van der Waals surface area contributed by atoms with Gasteiger partial charge in [-0.1, -0.05) is 24.3 Å². The summed E-state index contributed by atoms with van der Waals surface area (Å²) in [5, 5.41) is 0. The maximum absolute atomic E-state index is 5.56. The fourth-order valence-corrected chi connectivity index (χ4v) is 1.87. The van der Waals surface area contributed by atoms with Crippen molar-refractivity contribution in [3.05, 3.63) is 24.3 Å². The van der Waals surface area contributed by atoms with E-state index in [0.29, 0.717) is 12.2 Å². The van der Waals surface area contributed by atoms with Crippen molar-refractivity contribution in [3.8, 4) is 0 Å². The lowest BCUT2D eigenvalue weighted by Gasteiger charge is -1.94. The number of allylic oxidation sites excluding steroid dienone is 4. The number of hydrogen-bond acceptors (Lipinski definition) is 1. The second-order valence-corrected chi connectivity index (χ2v) is 3.89. The Morgan fingerprint density at radius 2 is 1.15 bits per heavy atom. The van der Waals surface area contributed by atoms with Crippen molar-refractivity contribution in [2.75, 3.05) is 0 Å². The van der Waals surface area contributed by atoms with Gasteiger partial charge in [-0.25, -0.2) is 0 Å². The fourth-order valence-electron chi connectivity index (χ4n) is 1.87. The van der Waals surface area contributed by atoms with Gasteiger partial charge >= 0.3 is 0 Å². The lowest BCUT2D eigenvalue weighted by atomic mass is 10.1. The smallest absolute Gasteiger partial charge is 0.0845 e. The van der Waals surface area contributed by atoms with Gasteiger partial charge in [0.25, 0.3) is 0 Å². The molecule has 1 heteroatoms. The van der Waals surface area contributed by atoms with Crippen LogP contribution in [0.4, 0.5) is 0 Å². The predicted octanol–water partition coefficient (Wildman–Crippen LogP) is 3.22. The van der Waals surface area contributed by atoms with Crippen LogP contribution < -0.4 is 0 Å². The first-order chi connectivity index (χ1) is 6.47. The molecule has 0 aromatic rings. The summed E-state index contributed by atoms with van der Waals surface area (Å²) in [6.07, 6.45) is 17.6. The van der Waals surface area contributed by atoms with Crippen molar-refractivity contribution in [1.29, 1.82) is 0 Å². The summed E-state index contributed by atoms with van der Waals surface area (Å²) >= 11 is 0. The Labute approximate surface area is 80.5 Å². The van der Waals surface area contributed by atoms with E-state index in [1.165, 1.54) is 38.5 Å². The van der Waals surface area contributed by atoms with Crippen LogP contribution in [0.5, 0.6) is 0 Å². The van der Waals surface area contributed by atoms with E-state index in [9.17, 15) is 0 Å². The molecule has 0 bridgehead atoms. The number of ether oxygens (including phenoxy) is 1. The van der Waals surface area contributed by atoms with Crippen molar-refractivity contribution in [3.63, 3.8) is 0 Å². The van der Waals surface area contributed by atoms with Crippen LogP contribution in [0.25, 0.3) is 0 Å². The van der Waals surface area contributed by atoms with Gasteiger partial charge in [-0.05, 0) is 38.5 Å². The van der Waals surface area contributed by atoms with Crippen LogP contribution >= 0.6 is 0 Å². The molecule has 2 atom stereocenters. The minimum Gasteiger partial charge on any atom is -0.370 e. The molecule has 1 aliphatic carbocycles. The zero-order valence-electron chi connectivity index (χ0n) is 8.11. The fraction of sp³-hybridized carbons (Fsp3) is 0.667. The second kappa shape index (κ2) is 4.61. The number of rotatable bonds is 0. The maximum atomic E-state index is 5.56. The van der Waals surface area contributed by atoms with Gasteiger partial charge < -0.3 is 4.74 Å². The highest BCUT2D eigenvalue weighted by Gasteiger charge is 2.36. The monoisotopic (exact) mass is 178 g/mol. The first kappa shape index (κ1) is 9.01. The summed E-state index contributed by atoms with van der Waals surface area (Å²) < 4.78 is 5.56. The molecule has 1 heterocycles. The van der Waals surface area contributed by atoms with E-state index in [-0.39, 0.29) is 0 Å². The van der Waals surface area contributed by atoms with E-state index in [0.717, 1.165) is 0 Å². The zero-order valence-corrected chi connectivity index (χ0v) is 8.11. The highest BCUT2D eigenvalue weighted by atomic mass is 16.6. The Bertz CT molecular complexity index is 183. The van der Waals surface area contributed by atoms with E-state index in [4.69, 9.17) is 4.74 Å². The average molecular weight is 178 g/mol. The summed E-state index contributed by atoms with van der Waals surface area (Å²) in [6.45, 7) is 0. The quantitative estimate of drug-likeness (QED) is 0.410. The molecular formula is C12H18O. The van der Waals surface area contributed by atoms with Crippen LogP contribution in [-0.4, -0.2) is 12.2 Å². The van der Waals surface area contributed by atoms with Crippen molar-refractivity contribution < 1.29 is 4.74 Å². The van der Waals surface area contributed by atoms with Gasteiger partial charge in [0.2, 0.25) is 0 Å². The molecular weight excluding hydrogens is 160 g/mol. The van der Waals surface area contributed by atoms with Crippen molar-refractivity contribution >= 4 is 0 Å². The number of epoxide rings is 1. The summed E-state index contributed by atoms with van der Waals surface area (Å²) in [4.78, 5) is 0. The maximum Gasteiger partial charge on any atom is 0.0845 e. The molecule has 0 amide bonds. The largest absolute Gasteiger partial charge is 0.370 e. The summed E-state index contributed by atoms with van der Waals surface area (Å²) in [5.74, 6) is 0. The van der Waals surface area contributed by atoms with Crippen LogP contribution in [0.2, 0.25) is 0 Å². The third kappa shape index (κ3) is 3.00. The van der Waals surface area contributed by atoms with Gasteiger partial charge in [-0.15, -0.1) is 0 Å². The molecule has 1 nitrogen and oxygen atoms in total. The Balaban J connectivity index is 1.80. The molecule has 0 N–H and O–H groups in total. The molecule has 0 radical (unpaired) electrons. The Kier molecular flexibility index (Phi) is 3.20. The summed E-state index contributed by atoms with van der Waals surface area (Å²) in [7, 11) is 0. The number of fused-ring (bicyclic) bond motifs is 1. The van der Waals surface area contributed by atoms with Gasteiger partial charge in [0.05, 0.1) is 12.2 Å². The number of hydrogen-bond donors (Lipinski definition) is 0. The SMILES string of the molecule is C1=C\CCC2OC2CC/C=C\CC/1. The van der Waals surface area contributed by atoms with Crippen LogP contribution in [0.15, 0.2) is 24.3 Å². The Morgan fingerprint density at radius 1 is 0.692 bits per heavy atom. The molecule has 13 heavy (non-hydrogen) atoms. The standard InChI is InChI=1S/C12H18O/c1-2-4-6-8-10-12-11(13-12)9-7-5-3-1/h3-6,11-12H,1-2,7-10H2/b5-3-,6-4-. The first-order valence-electron chi connectivity index (χ1n) is 5.42. The van der Waals surface area contributed by atoms with Crippen molar-refractivity contribution in [2.45, 2.75) is 50.7 Å². The molecule has 2 rings (SSSR count). The summed E-state index contributed by atoms with van der Waals surface area (Å²) in [6, 6.07) is 0. The molecule has 2 unspecified atom stereocenters. The molecule has 0 aromatic carbocycles. The van der Waals surface area contributed by atoms with Crippen LogP contribution in [0.1, 0.15) is 38.5 Å². The topological polar surface area (TPSA) is 12.5 Å². The van der Waals surface area contributed by atoms with Crippen LogP contribution in [0, 0.1) is 0 Å². The highest BCUT2D eigenvalue weighted by molar-refractivity contribution is 4.94. The van der Waals surface area contributed by atoms with Crippen molar-refractivity contribution in [2.24, 2.45) is 0 Å². The van der Waals surface area contributed by atoms with E-state index in [2.05, 4.69) is 24.3 Å². The molecule has 0 saturated carbocycles. The molecule has 72 valence electrons. The van der Waals surface area contributed by atoms with Gasteiger partial charge in [0.1, 0.15) is 0 Å².